The van der Waals surface area contributed by atoms with Crippen molar-refractivity contribution in [2.45, 2.75) is 0 Å². The number of para-hydroxylation sites is 1. The molecule has 92 valence electrons. The number of aromatic nitrogens is 2. The zero-order chi connectivity index (χ0) is 13.0. The van der Waals surface area contributed by atoms with Crippen molar-refractivity contribution < 1.29 is 14.6 Å². The molecule has 0 aliphatic carbocycles. The Kier molecular flexibility index (Phi) is 3.38. The fourth-order valence-electron chi connectivity index (χ4n) is 1.42. The molecule has 2 aromatic rings. The number of nitrogens with zero attached hydrogens (tertiary/aromatic N) is 2. The number of carbonyl (C=O) groups is 1. The van der Waals surface area contributed by atoms with Gasteiger partial charge in [0, 0.05) is 6.20 Å². The van der Waals surface area contributed by atoms with E-state index in [1.165, 1.54) is 19.4 Å². The SMILES string of the molecule is COc1cccc(C(=O)Nc2cccnn2)c1O. The second-order valence-corrected chi connectivity index (χ2v) is 3.42. The summed E-state index contributed by atoms with van der Waals surface area (Å²) in [6, 6.07) is 7.91. The van der Waals surface area contributed by atoms with E-state index >= 15 is 0 Å². The highest BCUT2D eigenvalue weighted by molar-refractivity contribution is 6.06. The molecule has 1 aromatic heterocycles. The number of aromatic hydroxyl groups is 1. The molecule has 0 aliphatic heterocycles. The Morgan fingerprint density at radius 1 is 1.33 bits per heavy atom. The molecule has 2 rings (SSSR count). The maximum Gasteiger partial charge on any atom is 0.260 e. The van der Waals surface area contributed by atoms with Crippen LogP contribution < -0.4 is 10.1 Å². The summed E-state index contributed by atoms with van der Waals surface area (Å²) in [5.74, 6) is -0.139. The minimum absolute atomic E-state index is 0.111. The maximum atomic E-state index is 11.9. The van der Waals surface area contributed by atoms with Gasteiger partial charge in [0.25, 0.3) is 5.91 Å². The van der Waals surface area contributed by atoms with Crippen LogP contribution in [0.15, 0.2) is 36.5 Å². The van der Waals surface area contributed by atoms with Crippen LogP contribution in [0.4, 0.5) is 5.82 Å². The van der Waals surface area contributed by atoms with Crippen molar-refractivity contribution in [3.05, 3.63) is 42.1 Å². The predicted molar refractivity (Wildman–Crippen MR) is 64.6 cm³/mol. The standard InChI is InChI=1S/C12H11N3O3/c1-18-9-5-2-4-8(11(9)16)12(17)14-10-6-3-7-13-15-10/h2-7,16H,1H3,(H,14,15,17). The lowest BCUT2D eigenvalue weighted by atomic mass is 10.1. The summed E-state index contributed by atoms with van der Waals surface area (Å²) in [5.41, 5.74) is 0.111. The van der Waals surface area contributed by atoms with Crippen molar-refractivity contribution in [1.29, 1.82) is 0 Å². The van der Waals surface area contributed by atoms with Crippen molar-refractivity contribution in [3.8, 4) is 11.5 Å². The Morgan fingerprint density at radius 3 is 2.83 bits per heavy atom. The van der Waals surface area contributed by atoms with E-state index in [-0.39, 0.29) is 17.1 Å². The number of phenolic OH excluding ortho intramolecular Hbond substituents is 1. The van der Waals surface area contributed by atoms with Crippen molar-refractivity contribution in [2.75, 3.05) is 12.4 Å². The Morgan fingerprint density at radius 2 is 2.17 bits per heavy atom. The number of ether oxygens (including phenoxy) is 1. The average molecular weight is 245 g/mol. The summed E-state index contributed by atoms with van der Waals surface area (Å²) in [6.07, 6.45) is 1.50. The predicted octanol–water partition coefficient (Wildman–Crippen LogP) is 1.44. The number of hydrogen-bond donors (Lipinski definition) is 2. The molecule has 0 saturated heterocycles. The van der Waals surface area contributed by atoms with E-state index in [2.05, 4.69) is 15.5 Å². The third-order valence-electron chi connectivity index (χ3n) is 2.28. The molecule has 6 nitrogen and oxygen atoms in total. The fourth-order valence-corrected chi connectivity index (χ4v) is 1.42. The van der Waals surface area contributed by atoms with Crippen molar-refractivity contribution >= 4 is 11.7 Å². The Balaban J connectivity index is 2.24. The number of methoxy groups -OCH3 is 1. The van der Waals surface area contributed by atoms with Gasteiger partial charge in [-0.15, -0.1) is 5.10 Å². The van der Waals surface area contributed by atoms with E-state index in [4.69, 9.17) is 4.74 Å². The summed E-state index contributed by atoms with van der Waals surface area (Å²) >= 11 is 0. The van der Waals surface area contributed by atoms with Gasteiger partial charge in [-0.25, -0.2) is 0 Å². The number of amides is 1. The van der Waals surface area contributed by atoms with E-state index in [9.17, 15) is 9.90 Å². The van der Waals surface area contributed by atoms with Crippen LogP contribution in [0.1, 0.15) is 10.4 Å². The second-order valence-electron chi connectivity index (χ2n) is 3.42. The number of anilines is 1. The Bertz CT molecular complexity index is 558. The first-order valence-electron chi connectivity index (χ1n) is 5.17. The number of carbonyl (C=O) groups excluding carboxylic acids is 1. The normalized spacial score (nSPS) is 9.83. The molecule has 18 heavy (non-hydrogen) atoms. The lowest BCUT2D eigenvalue weighted by Crippen LogP contribution is -2.13. The van der Waals surface area contributed by atoms with Crippen LogP contribution in [-0.2, 0) is 0 Å². The molecule has 6 heteroatoms. The topological polar surface area (TPSA) is 84.3 Å². The molecule has 0 unspecified atom stereocenters. The smallest absolute Gasteiger partial charge is 0.260 e. The van der Waals surface area contributed by atoms with E-state index in [0.717, 1.165) is 0 Å². The number of phenols is 1. The largest absolute Gasteiger partial charge is 0.504 e. The van der Waals surface area contributed by atoms with Crippen LogP contribution >= 0.6 is 0 Å². The molecule has 0 spiro atoms. The van der Waals surface area contributed by atoms with Crippen LogP contribution in [0, 0.1) is 0 Å². The second kappa shape index (κ2) is 5.13. The molecular formula is C12H11N3O3. The number of hydrogen-bond acceptors (Lipinski definition) is 5. The Hall–Kier alpha value is -2.63. The van der Waals surface area contributed by atoms with Crippen LogP contribution in [-0.4, -0.2) is 28.3 Å². The van der Waals surface area contributed by atoms with Gasteiger partial charge in [-0.05, 0) is 24.3 Å². The zero-order valence-corrected chi connectivity index (χ0v) is 9.62. The van der Waals surface area contributed by atoms with Crippen LogP contribution in [0.2, 0.25) is 0 Å². The summed E-state index contributed by atoms with van der Waals surface area (Å²) in [4.78, 5) is 11.9. The maximum absolute atomic E-state index is 11.9. The van der Waals surface area contributed by atoms with Gasteiger partial charge in [0.2, 0.25) is 0 Å². The van der Waals surface area contributed by atoms with Gasteiger partial charge in [0.15, 0.2) is 17.3 Å². The molecule has 0 bridgehead atoms. The third kappa shape index (κ3) is 2.37. The minimum Gasteiger partial charge on any atom is -0.504 e. The molecule has 1 aromatic carbocycles. The molecule has 2 N–H and O–H groups in total. The van der Waals surface area contributed by atoms with Gasteiger partial charge >= 0.3 is 0 Å². The summed E-state index contributed by atoms with van der Waals surface area (Å²) < 4.78 is 4.93. The van der Waals surface area contributed by atoms with Gasteiger partial charge in [0.05, 0.1) is 12.7 Å². The average Bonchev–Trinajstić information content (AvgIpc) is 2.40. The zero-order valence-electron chi connectivity index (χ0n) is 9.62. The van der Waals surface area contributed by atoms with Crippen molar-refractivity contribution in [3.63, 3.8) is 0 Å². The van der Waals surface area contributed by atoms with E-state index in [1.54, 1.807) is 24.3 Å². The molecule has 1 heterocycles. The molecule has 0 fully saturated rings. The van der Waals surface area contributed by atoms with Crippen LogP contribution in [0.25, 0.3) is 0 Å². The number of rotatable bonds is 3. The fraction of sp³-hybridized carbons (Fsp3) is 0.0833. The lowest BCUT2D eigenvalue weighted by molar-refractivity contribution is 0.102. The quantitative estimate of drug-likeness (QED) is 0.854. The summed E-state index contributed by atoms with van der Waals surface area (Å²) in [7, 11) is 1.42. The monoisotopic (exact) mass is 245 g/mol. The van der Waals surface area contributed by atoms with Gasteiger partial charge in [-0.1, -0.05) is 6.07 Å². The molecule has 1 amide bonds. The van der Waals surface area contributed by atoms with Crippen LogP contribution in [0.3, 0.4) is 0 Å². The van der Waals surface area contributed by atoms with Gasteiger partial charge in [-0.3, -0.25) is 4.79 Å². The first kappa shape index (κ1) is 11.8. The highest BCUT2D eigenvalue weighted by Gasteiger charge is 2.15. The highest BCUT2D eigenvalue weighted by Crippen LogP contribution is 2.29. The van der Waals surface area contributed by atoms with Gasteiger partial charge in [0.1, 0.15) is 0 Å². The van der Waals surface area contributed by atoms with Crippen molar-refractivity contribution in [2.24, 2.45) is 0 Å². The van der Waals surface area contributed by atoms with E-state index in [0.29, 0.717) is 5.82 Å². The van der Waals surface area contributed by atoms with Crippen LogP contribution in [0.5, 0.6) is 11.5 Å². The van der Waals surface area contributed by atoms with E-state index in [1.807, 2.05) is 0 Å². The first-order chi connectivity index (χ1) is 8.72. The highest BCUT2D eigenvalue weighted by atomic mass is 16.5. The first-order valence-corrected chi connectivity index (χ1v) is 5.17. The Labute approximate surface area is 103 Å². The number of benzene rings is 1. The minimum atomic E-state index is -0.480. The van der Waals surface area contributed by atoms with Gasteiger partial charge < -0.3 is 15.2 Å². The molecule has 0 radical (unpaired) electrons. The third-order valence-corrected chi connectivity index (χ3v) is 2.28. The lowest BCUT2D eigenvalue weighted by Gasteiger charge is -2.08. The summed E-state index contributed by atoms with van der Waals surface area (Å²) in [5, 5.41) is 19.7. The molecule has 0 atom stereocenters. The molecule has 0 saturated carbocycles. The van der Waals surface area contributed by atoms with Gasteiger partial charge in [-0.2, -0.15) is 5.10 Å². The molecular weight excluding hydrogens is 234 g/mol. The van der Waals surface area contributed by atoms with E-state index < -0.39 is 5.91 Å². The van der Waals surface area contributed by atoms with Crippen molar-refractivity contribution in [1.82, 2.24) is 10.2 Å². The molecule has 0 aliphatic rings. The summed E-state index contributed by atoms with van der Waals surface area (Å²) in [6.45, 7) is 0. The number of nitrogens with one attached hydrogen (secondary N) is 1.